The van der Waals surface area contributed by atoms with Crippen LogP contribution < -0.4 is 10.1 Å². The Labute approximate surface area is 154 Å². The van der Waals surface area contributed by atoms with E-state index in [1.165, 1.54) is 0 Å². The summed E-state index contributed by atoms with van der Waals surface area (Å²) in [5.41, 5.74) is 2.51. The molecule has 0 spiro atoms. The van der Waals surface area contributed by atoms with E-state index in [9.17, 15) is 4.79 Å². The fraction of sp³-hybridized carbons (Fsp3) is 0.381. The van der Waals surface area contributed by atoms with Crippen LogP contribution in [0.2, 0.25) is 0 Å². The minimum Gasteiger partial charge on any atom is -0.491 e. The summed E-state index contributed by atoms with van der Waals surface area (Å²) in [7, 11) is 1.68. The Kier molecular flexibility index (Phi) is 5.78. The van der Waals surface area contributed by atoms with Gasteiger partial charge in [-0.3, -0.25) is 4.79 Å². The van der Waals surface area contributed by atoms with Crippen molar-refractivity contribution in [3.05, 3.63) is 59.7 Å². The molecule has 138 valence electrons. The third kappa shape index (κ3) is 3.83. The lowest BCUT2D eigenvalue weighted by molar-refractivity contribution is 0.0656. The van der Waals surface area contributed by atoms with Gasteiger partial charge in [0.2, 0.25) is 0 Å². The van der Waals surface area contributed by atoms with E-state index in [0.717, 1.165) is 23.4 Å². The van der Waals surface area contributed by atoms with Crippen LogP contribution >= 0.6 is 0 Å². The molecule has 5 heteroatoms. The highest BCUT2D eigenvalue weighted by Crippen LogP contribution is 2.37. The van der Waals surface area contributed by atoms with Crippen LogP contribution in [0.3, 0.4) is 0 Å². The number of ether oxygens (including phenoxy) is 2. The molecule has 1 amide bonds. The number of fused-ring (bicyclic) bond motifs is 1. The number of hydrogen-bond donors (Lipinski definition) is 1. The zero-order valence-corrected chi connectivity index (χ0v) is 15.6. The maximum atomic E-state index is 13.1. The van der Waals surface area contributed by atoms with Crippen LogP contribution in [0.25, 0.3) is 0 Å². The van der Waals surface area contributed by atoms with Crippen LogP contribution in [-0.2, 0) is 4.74 Å². The number of nitrogens with zero attached hydrogens (tertiary/aromatic N) is 1. The second kappa shape index (κ2) is 8.23. The van der Waals surface area contributed by atoms with Gasteiger partial charge in [0.25, 0.3) is 5.91 Å². The highest BCUT2D eigenvalue weighted by atomic mass is 16.5. The van der Waals surface area contributed by atoms with E-state index in [0.29, 0.717) is 18.7 Å². The Morgan fingerprint density at radius 2 is 1.85 bits per heavy atom. The van der Waals surface area contributed by atoms with Crippen LogP contribution in [0.4, 0.5) is 5.69 Å². The zero-order chi connectivity index (χ0) is 18.5. The van der Waals surface area contributed by atoms with Gasteiger partial charge in [-0.1, -0.05) is 30.3 Å². The number of amides is 1. The van der Waals surface area contributed by atoms with Crippen LogP contribution in [0.5, 0.6) is 5.75 Å². The number of carbonyl (C=O) groups is 1. The molecule has 1 aliphatic heterocycles. The fourth-order valence-corrected chi connectivity index (χ4v) is 3.22. The van der Waals surface area contributed by atoms with Crippen LogP contribution in [0.1, 0.15) is 42.4 Å². The van der Waals surface area contributed by atoms with Gasteiger partial charge >= 0.3 is 0 Å². The summed E-state index contributed by atoms with van der Waals surface area (Å²) in [5, 5.41) is 3.52. The van der Waals surface area contributed by atoms with Crippen molar-refractivity contribution in [2.24, 2.45) is 0 Å². The van der Waals surface area contributed by atoms with E-state index in [1.54, 1.807) is 7.11 Å². The molecule has 0 aromatic heterocycles. The lowest BCUT2D eigenvalue weighted by atomic mass is 10.0. The van der Waals surface area contributed by atoms with Crippen molar-refractivity contribution in [3.8, 4) is 5.75 Å². The van der Waals surface area contributed by atoms with Crippen molar-refractivity contribution in [2.75, 3.05) is 25.6 Å². The Morgan fingerprint density at radius 3 is 2.62 bits per heavy atom. The Morgan fingerprint density at radius 1 is 1.12 bits per heavy atom. The standard InChI is InChI=1S/C21H26N2O3/c1-15(2)26-19-12-7-5-10-17(19)20-22-18-11-6-4-9-16(18)21(24)23(20)13-8-14-25-3/h4-7,9-12,15,20,22H,8,13-14H2,1-3H3. The van der Waals surface area contributed by atoms with Crippen molar-refractivity contribution in [1.82, 2.24) is 4.90 Å². The van der Waals surface area contributed by atoms with Crippen LogP contribution in [0.15, 0.2) is 48.5 Å². The minimum atomic E-state index is -0.274. The Bertz CT molecular complexity index is 760. The Hall–Kier alpha value is -2.53. The highest BCUT2D eigenvalue weighted by molar-refractivity contribution is 6.01. The molecule has 1 N–H and O–H groups in total. The van der Waals surface area contributed by atoms with E-state index in [2.05, 4.69) is 5.32 Å². The molecule has 1 heterocycles. The van der Waals surface area contributed by atoms with Crippen molar-refractivity contribution >= 4 is 11.6 Å². The SMILES string of the molecule is COCCCN1C(=O)c2ccccc2NC1c1ccccc1OC(C)C. The maximum Gasteiger partial charge on any atom is 0.257 e. The second-order valence-corrected chi connectivity index (χ2v) is 6.64. The summed E-state index contributed by atoms with van der Waals surface area (Å²) in [6.45, 7) is 5.22. The molecule has 2 aromatic rings. The van der Waals surface area contributed by atoms with Crippen molar-refractivity contribution in [1.29, 1.82) is 0 Å². The molecule has 0 saturated heterocycles. The fourth-order valence-electron chi connectivity index (χ4n) is 3.22. The van der Waals surface area contributed by atoms with Gasteiger partial charge in [-0.2, -0.15) is 0 Å². The number of benzene rings is 2. The van der Waals surface area contributed by atoms with E-state index in [-0.39, 0.29) is 18.2 Å². The number of nitrogens with one attached hydrogen (secondary N) is 1. The number of rotatable bonds is 7. The average molecular weight is 354 g/mol. The van der Waals surface area contributed by atoms with Gasteiger partial charge in [-0.15, -0.1) is 0 Å². The molecular weight excluding hydrogens is 328 g/mol. The maximum absolute atomic E-state index is 13.1. The first-order valence-corrected chi connectivity index (χ1v) is 9.03. The van der Waals surface area contributed by atoms with Gasteiger partial charge in [0.1, 0.15) is 11.9 Å². The van der Waals surface area contributed by atoms with E-state index in [1.807, 2.05) is 67.3 Å². The van der Waals surface area contributed by atoms with Gasteiger partial charge in [0.15, 0.2) is 0 Å². The molecule has 0 aliphatic carbocycles. The number of methoxy groups -OCH3 is 1. The van der Waals surface area contributed by atoms with Crippen molar-refractivity contribution in [3.63, 3.8) is 0 Å². The van der Waals surface area contributed by atoms with Gasteiger partial charge in [0, 0.05) is 31.5 Å². The third-order valence-corrected chi connectivity index (χ3v) is 4.35. The van der Waals surface area contributed by atoms with E-state index < -0.39 is 0 Å². The summed E-state index contributed by atoms with van der Waals surface area (Å²) in [5.74, 6) is 0.823. The summed E-state index contributed by atoms with van der Waals surface area (Å²) >= 11 is 0. The zero-order valence-electron chi connectivity index (χ0n) is 15.6. The van der Waals surface area contributed by atoms with Gasteiger partial charge in [-0.05, 0) is 38.5 Å². The van der Waals surface area contributed by atoms with Crippen LogP contribution in [-0.4, -0.2) is 37.2 Å². The Balaban J connectivity index is 1.99. The molecule has 0 bridgehead atoms. The van der Waals surface area contributed by atoms with E-state index in [4.69, 9.17) is 9.47 Å². The van der Waals surface area contributed by atoms with Crippen molar-refractivity contribution in [2.45, 2.75) is 32.5 Å². The normalized spacial score (nSPS) is 16.4. The smallest absolute Gasteiger partial charge is 0.257 e. The molecule has 0 saturated carbocycles. The van der Waals surface area contributed by atoms with Crippen molar-refractivity contribution < 1.29 is 14.3 Å². The molecule has 1 atom stereocenters. The van der Waals surface area contributed by atoms with Crippen LogP contribution in [0, 0.1) is 0 Å². The minimum absolute atomic E-state index is 0.0276. The number of anilines is 1. The van der Waals surface area contributed by atoms with Gasteiger partial charge in [-0.25, -0.2) is 0 Å². The molecule has 26 heavy (non-hydrogen) atoms. The third-order valence-electron chi connectivity index (χ3n) is 4.35. The first-order chi connectivity index (χ1) is 12.6. The molecule has 3 rings (SSSR count). The molecule has 2 aromatic carbocycles. The largest absolute Gasteiger partial charge is 0.491 e. The van der Waals surface area contributed by atoms with Gasteiger partial charge in [0.05, 0.1) is 11.7 Å². The predicted molar refractivity (Wildman–Crippen MR) is 103 cm³/mol. The lowest BCUT2D eigenvalue weighted by Gasteiger charge is -2.38. The monoisotopic (exact) mass is 354 g/mol. The first kappa shape index (κ1) is 18.3. The summed E-state index contributed by atoms with van der Waals surface area (Å²) in [4.78, 5) is 15.0. The number of carbonyl (C=O) groups excluding carboxylic acids is 1. The van der Waals surface area contributed by atoms with E-state index >= 15 is 0 Å². The topological polar surface area (TPSA) is 50.8 Å². The molecule has 0 fully saturated rings. The highest BCUT2D eigenvalue weighted by Gasteiger charge is 2.33. The molecule has 5 nitrogen and oxygen atoms in total. The number of para-hydroxylation sites is 2. The summed E-state index contributed by atoms with van der Waals surface area (Å²) in [6.07, 6.45) is 0.560. The number of hydrogen-bond acceptors (Lipinski definition) is 4. The average Bonchev–Trinajstić information content (AvgIpc) is 2.63. The molecule has 1 unspecified atom stereocenters. The predicted octanol–water partition coefficient (Wildman–Crippen LogP) is 4.08. The second-order valence-electron chi connectivity index (χ2n) is 6.64. The molecule has 1 aliphatic rings. The first-order valence-electron chi connectivity index (χ1n) is 9.03. The van der Waals surface area contributed by atoms with Gasteiger partial charge < -0.3 is 19.7 Å². The molecular formula is C21H26N2O3. The molecule has 0 radical (unpaired) electrons. The summed E-state index contributed by atoms with van der Waals surface area (Å²) in [6, 6.07) is 15.5. The summed E-state index contributed by atoms with van der Waals surface area (Å²) < 4.78 is 11.2. The lowest BCUT2D eigenvalue weighted by Crippen LogP contribution is -2.43. The quantitative estimate of drug-likeness (QED) is 0.761.